The summed E-state index contributed by atoms with van der Waals surface area (Å²) in [6, 6.07) is 14.8. The van der Waals surface area contributed by atoms with Crippen LogP contribution >= 0.6 is 12.4 Å². The lowest BCUT2D eigenvalue weighted by Crippen LogP contribution is -2.48. The Morgan fingerprint density at radius 3 is 2.64 bits per heavy atom. The summed E-state index contributed by atoms with van der Waals surface area (Å²) >= 11 is 0. The molecule has 28 heavy (non-hydrogen) atoms. The monoisotopic (exact) mass is 404 g/mol. The number of rotatable bonds is 6. The van der Waals surface area contributed by atoms with Gasteiger partial charge in [-0.05, 0) is 23.6 Å². The topological polar surface area (TPSA) is 87.5 Å². The molecule has 1 aliphatic heterocycles. The fourth-order valence-electron chi connectivity index (χ4n) is 3.35. The summed E-state index contributed by atoms with van der Waals surface area (Å²) in [5.41, 5.74) is 2.57. The molecule has 0 saturated carbocycles. The summed E-state index contributed by atoms with van der Waals surface area (Å²) in [4.78, 5) is 25.3. The van der Waals surface area contributed by atoms with Crippen LogP contribution in [0.15, 0.2) is 48.5 Å². The predicted octanol–water partition coefficient (Wildman–Crippen LogP) is 3.16. The summed E-state index contributed by atoms with van der Waals surface area (Å²) in [6.07, 6.45) is 0.991. The van der Waals surface area contributed by atoms with E-state index >= 15 is 0 Å². The van der Waals surface area contributed by atoms with Crippen molar-refractivity contribution in [2.75, 3.05) is 31.5 Å². The summed E-state index contributed by atoms with van der Waals surface area (Å²) in [5, 5.41) is 17.2. The molecule has 1 amide bonds. The maximum Gasteiger partial charge on any atom is 0.292 e. The second-order valence-corrected chi connectivity index (χ2v) is 6.61. The number of carbonyl (C=O) groups excluding carboxylic acids is 1. The first-order valence-corrected chi connectivity index (χ1v) is 9.15. The molecule has 1 fully saturated rings. The first kappa shape index (κ1) is 21.8. The lowest BCUT2D eigenvalue weighted by Gasteiger charge is -2.36. The maximum absolute atomic E-state index is 12.5. The van der Waals surface area contributed by atoms with Crippen LogP contribution in [0.5, 0.6) is 0 Å². The van der Waals surface area contributed by atoms with Crippen LogP contribution in [0.4, 0.5) is 11.4 Å². The molecule has 0 aromatic heterocycles. The standard InChI is InChI=1S/C20H24N4O3.ClH/c1-2-15-7-9-16(10-8-15)19-13-21-11-12-23(19)14-20(25)22-17-5-3-4-6-18(17)24(26)27;/h3-10,19,21H,2,11-14H2,1H3,(H,22,25);1H. The van der Waals surface area contributed by atoms with Gasteiger partial charge in [0.15, 0.2) is 0 Å². The normalized spacial score (nSPS) is 16.8. The molecule has 0 bridgehead atoms. The van der Waals surface area contributed by atoms with E-state index in [2.05, 4.69) is 46.7 Å². The Morgan fingerprint density at radius 1 is 1.25 bits per heavy atom. The van der Waals surface area contributed by atoms with Gasteiger partial charge in [0.1, 0.15) is 5.69 Å². The molecule has 0 spiro atoms. The van der Waals surface area contributed by atoms with Crippen molar-refractivity contribution in [3.8, 4) is 0 Å². The zero-order chi connectivity index (χ0) is 19.2. The minimum absolute atomic E-state index is 0. The van der Waals surface area contributed by atoms with E-state index in [4.69, 9.17) is 0 Å². The van der Waals surface area contributed by atoms with E-state index in [0.717, 1.165) is 31.6 Å². The molecule has 0 aliphatic carbocycles. The van der Waals surface area contributed by atoms with Crippen LogP contribution in [-0.4, -0.2) is 41.9 Å². The Hall–Kier alpha value is -2.48. The minimum atomic E-state index is -0.488. The van der Waals surface area contributed by atoms with Gasteiger partial charge < -0.3 is 10.6 Å². The number of para-hydroxylation sites is 2. The number of aryl methyl sites for hydroxylation is 1. The van der Waals surface area contributed by atoms with Crippen molar-refractivity contribution >= 4 is 29.7 Å². The van der Waals surface area contributed by atoms with E-state index in [0.29, 0.717) is 0 Å². The smallest absolute Gasteiger partial charge is 0.292 e. The van der Waals surface area contributed by atoms with E-state index in [1.165, 1.54) is 11.6 Å². The highest BCUT2D eigenvalue weighted by atomic mass is 35.5. The van der Waals surface area contributed by atoms with Crippen molar-refractivity contribution in [2.24, 2.45) is 0 Å². The minimum Gasteiger partial charge on any atom is -0.319 e. The Labute approximate surface area is 170 Å². The van der Waals surface area contributed by atoms with Gasteiger partial charge in [-0.15, -0.1) is 12.4 Å². The predicted molar refractivity (Wildman–Crippen MR) is 112 cm³/mol. The highest BCUT2D eigenvalue weighted by Gasteiger charge is 2.26. The summed E-state index contributed by atoms with van der Waals surface area (Å²) in [5.74, 6) is -0.249. The molecular weight excluding hydrogens is 380 g/mol. The van der Waals surface area contributed by atoms with Crippen molar-refractivity contribution < 1.29 is 9.72 Å². The number of benzene rings is 2. The lowest BCUT2D eigenvalue weighted by molar-refractivity contribution is -0.383. The van der Waals surface area contributed by atoms with E-state index in [1.807, 2.05) is 0 Å². The highest BCUT2D eigenvalue weighted by Crippen LogP contribution is 2.25. The maximum atomic E-state index is 12.5. The number of nitrogens with zero attached hydrogens (tertiary/aromatic N) is 2. The van der Waals surface area contributed by atoms with Crippen LogP contribution in [0.1, 0.15) is 24.1 Å². The van der Waals surface area contributed by atoms with Crippen LogP contribution < -0.4 is 10.6 Å². The quantitative estimate of drug-likeness (QED) is 0.570. The second kappa shape index (κ2) is 10.2. The number of anilines is 1. The van der Waals surface area contributed by atoms with E-state index in [1.54, 1.807) is 18.2 Å². The number of nitro benzene ring substituents is 1. The average molecular weight is 405 g/mol. The van der Waals surface area contributed by atoms with Crippen molar-refractivity contribution in [1.82, 2.24) is 10.2 Å². The zero-order valence-corrected chi connectivity index (χ0v) is 16.6. The first-order chi connectivity index (χ1) is 13.1. The van der Waals surface area contributed by atoms with E-state index in [9.17, 15) is 14.9 Å². The molecular formula is C20H25ClN4O3. The molecule has 1 aliphatic rings. The Morgan fingerprint density at radius 2 is 1.96 bits per heavy atom. The summed E-state index contributed by atoms with van der Waals surface area (Å²) in [6.45, 7) is 4.63. The first-order valence-electron chi connectivity index (χ1n) is 9.15. The number of amides is 1. The van der Waals surface area contributed by atoms with Gasteiger partial charge >= 0.3 is 0 Å². The summed E-state index contributed by atoms with van der Waals surface area (Å²) in [7, 11) is 0. The van der Waals surface area contributed by atoms with Crippen molar-refractivity contribution in [2.45, 2.75) is 19.4 Å². The number of nitrogens with one attached hydrogen (secondary N) is 2. The number of hydrogen-bond donors (Lipinski definition) is 2. The van der Waals surface area contributed by atoms with Crippen LogP contribution in [-0.2, 0) is 11.2 Å². The Kier molecular flexibility index (Phi) is 7.92. The molecule has 8 heteroatoms. The van der Waals surface area contributed by atoms with Gasteiger partial charge in [0.05, 0.1) is 11.5 Å². The van der Waals surface area contributed by atoms with Crippen molar-refractivity contribution in [3.05, 3.63) is 69.8 Å². The van der Waals surface area contributed by atoms with E-state index in [-0.39, 0.29) is 42.3 Å². The largest absolute Gasteiger partial charge is 0.319 e. The second-order valence-electron chi connectivity index (χ2n) is 6.61. The van der Waals surface area contributed by atoms with Gasteiger partial charge in [-0.1, -0.05) is 43.3 Å². The number of piperazine rings is 1. The van der Waals surface area contributed by atoms with Gasteiger partial charge in [0.25, 0.3) is 5.69 Å². The van der Waals surface area contributed by atoms with Gasteiger partial charge in [0, 0.05) is 31.7 Å². The zero-order valence-electron chi connectivity index (χ0n) is 15.8. The van der Waals surface area contributed by atoms with Gasteiger partial charge in [-0.2, -0.15) is 0 Å². The van der Waals surface area contributed by atoms with Crippen LogP contribution in [0.25, 0.3) is 0 Å². The van der Waals surface area contributed by atoms with Crippen LogP contribution in [0, 0.1) is 10.1 Å². The molecule has 2 aromatic carbocycles. The molecule has 2 N–H and O–H groups in total. The molecule has 1 saturated heterocycles. The molecule has 7 nitrogen and oxygen atoms in total. The van der Waals surface area contributed by atoms with Gasteiger partial charge in [0.2, 0.25) is 5.91 Å². The van der Waals surface area contributed by atoms with Gasteiger partial charge in [-0.25, -0.2) is 0 Å². The SMILES string of the molecule is CCc1ccc(C2CNCCN2CC(=O)Nc2ccccc2[N+](=O)[O-])cc1.Cl. The third-order valence-electron chi connectivity index (χ3n) is 4.85. The Bertz CT molecular complexity index is 813. The molecule has 1 unspecified atom stereocenters. The van der Waals surface area contributed by atoms with Crippen molar-refractivity contribution in [1.29, 1.82) is 0 Å². The third kappa shape index (κ3) is 5.28. The molecule has 150 valence electrons. The molecule has 0 radical (unpaired) electrons. The number of hydrogen-bond acceptors (Lipinski definition) is 5. The number of nitro groups is 1. The fourth-order valence-corrected chi connectivity index (χ4v) is 3.35. The average Bonchev–Trinajstić information content (AvgIpc) is 2.69. The number of carbonyl (C=O) groups is 1. The Balaban J connectivity index is 0.00000280. The lowest BCUT2D eigenvalue weighted by atomic mass is 10.0. The van der Waals surface area contributed by atoms with Gasteiger partial charge in [-0.3, -0.25) is 19.8 Å². The molecule has 1 heterocycles. The fraction of sp³-hybridized carbons (Fsp3) is 0.350. The number of halogens is 1. The molecule has 3 rings (SSSR count). The summed E-state index contributed by atoms with van der Waals surface area (Å²) < 4.78 is 0. The van der Waals surface area contributed by atoms with E-state index < -0.39 is 4.92 Å². The van der Waals surface area contributed by atoms with Crippen LogP contribution in [0.3, 0.4) is 0 Å². The van der Waals surface area contributed by atoms with Crippen molar-refractivity contribution in [3.63, 3.8) is 0 Å². The molecule has 1 atom stereocenters. The third-order valence-corrected chi connectivity index (χ3v) is 4.85. The highest BCUT2D eigenvalue weighted by molar-refractivity contribution is 5.94. The van der Waals surface area contributed by atoms with Crippen LogP contribution in [0.2, 0.25) is 0 Å². The molecule has 2 aromatic rings.